The summed E-state index contributed by atoms with van der Waals surface area (Å²) in [5.74, 6) is 0.512. The maximum Gasteiger partial charge on any atom is 0.270 e. The predicted molar refractivity (Wildman–Crippen MR) is 123 cm³/mol. The van der Waals surface area contributed by atoms with Crippen molar-refractivity contribution in [3.8, 4) is 11.4 Å². The molecule has 0 radical (unpaired) electrons. The van der Waals surface area contributed by atoms with Gasteiger partial charge in [0.1, 0.15) is 11.5 Å². The molecule has 7 heteroatoms. The Bertz CT molecular complexity index is 1100. The number of hydrogen-bond acceptors (Lipinski definition) is 5. The fraction of sp³-hybridized carbons (Fsp3) is 0.346. The maximum absolute atomic E-state index is 13.2. The van der Waals surface area contributed by atoms with Crippen LogP contribution in [0, 0.1) is 5.82 Å². The second-order valence-electron chi connectivity index (χ2n) is 8.68. The molecule has 2 fully saturated rings. The Kier molecular flexibility index (Phi) is 6.41. The zero-order valence-electron chi connectivity index (χ0n) is 18.3. The van der Waals surface area contributed by atoms with Crippen LogP contribution in [0.3, 0.4) is 0 Å². The summed E-state index contributed by atoms with van der Waals surface area (Å²) >= 11 is 0. The van der Waals surface area contributed by atoms with Gasteiger partial charge < -0.3 is 15.4 Å². The Labute approximate surface area is 192 Å². The fourth-order valence-corrected chi connectivity index (χ4v) is 4.26. The van der Waals surface area contributed by atoms with Gasteiger partial charge in [-0.05, 0) is 43.0 Å². The third kappa shape index (κ3) is 5.43. The molecule has 3 aromatic rings. The highest BCUT2D eigenvalue weighted by Crippen LogP contribution is 2.40. The molecule has 2 atom stereocenters. The zero-order valence-corrected chi connectivity index (χ0v) is 18.3. The van der Waals surface area contributed by atoms with Gasteiger partial charge in [0.25, 0.3) is 5.91 Å². The van der Waals surface area contributed by atoms with Crippen LogP contribution in [-0.4, -0.2) is 41.2 Å². The Hall–Kier alpha value is -3.16. The standard InChI is InChI=1S/C26H27FN4O2/c27-19-8-6-17(7-9-19)22-15-23(22)28-16-21-14-24(26(32)30-20-10-12-33-13-11-20)31-25(29-21)18-4-2-1-3-5-18/h1-9,14,20,22-23,28H,10-13,15-16H2,(H,30,32)/t22-,23+/m0/s1. The lowest BCUT2D eigenvalue weighted by Crippen LogP contribution is -2.39. The highest BCUT2D eigenvalue weighted by atomic mass is 19.1. The molecular formula is C26H27FN4O2. The van der Waals surface area contributed by atoms with Crippen molar-refractivity contribution in [2.45, 2.75) is 43.8 Å². The summed E-state index contributed by atoms with van der Waals surface area (Å²) < 4.78 is 18.6. The molecule has 1 aromatic heterocycles. The lowest BCUT2D eigenvalue weighted by Gasteiger charge is -2.23. The van der Waals surface area contributed by atoms with E-state index in [1.165, 1.54) is 12.1 Å². The highest BCUT2D eigenvalue weighted by molar-refractivity contribution is 5.93. The van der Waals surface area contributed by atoms with Crippen molar-refractivity contribution in [2.75, 3.05) is 13.2 Å². The number of ether oxygens (including phenoxy) is 1. The van der Waals surface area contributed by atoms with Crippen molar-refractivity contribution < 1.29 is 13.9 Å². The van der Waals surface area contributed by atoms with E-state index in [-0.39, 0.29) is 17.8 Å². The van der Waals surface area contributed by atoms with Crippen LogP contribution in [0.1, 0.15) is 46.9 Å². The number of nitrogens with zero attached hydrogens (tertiary/aromatic N) is 2. The van der Waals surface area contributed by atoms with E-state index in [0.29, 0.717) is 43.2 Å². The van der Waals surface area contributed by atoms with E-state index >= 15 is 0 Å². The van der Waals surface area contributed by atoms with Gasteiger partial charge in [-0.1, -0.05) is 42.5 Å². The first-order valence-corrected chi connectivity index (χ1v) is 11.5. The van der Waals surface area contributed by atoms with Gasteiger partial charge in [0.2, 0.25) is 0 Å². The number of aromatic nitrogens is 2. The molecule has 1 aliphatic heterocycles. The smallest absolute Gasteiger partial charge is 0.270 e. The molecule has 1 saturated heterocycles. The van der Waals surface area contributed by atoms with Crippen LogP contribution in [0.2, 0.25) is 0 Å². The number of hydrogen-bond donors (Lipinski definition) is 2. The molecule has 1 aliphatic carbocycles. The van der Waals surface area contributed by atoms with Crippen molar-refractivity contribution in [1.29, 1.82) is 0 Å². The summed E-state index contributed by atoms with van der Waals surface area (Å²) in [5, 5.41) is 6.62. The van der Waals surface area contributed by atoms with E-state index in [1.54, 1.807) is 6.07 Å². The van der Waals surface area contributed by atoms with Gasteiger partial charge in [0.05, 0.1) is 5.69 Å². The Balaban J connectivity index is 1.31. The normalized spacial score (nSPS) is 20.4. The van der Waals surface area contributed by atoms with Gasteiger partial charge >= 0.3 is 0 Å². The summed E-state index contributed by atoms with van der Waals surface area (Å²) in [4.78, 5) is 22.3. The van der Waals surface area contributed by atoms with Crippen molar-refractivity contribution in [3.05, 3.63) is 83.4 Å². The summed E-state index contributed by atoms with van der Waals surface area (Å²) in [7, 11) is 0. The molecule has 0 spiro atoms. The van der Waals surface area contributed by atoms with E-state index in [2.05, 4.69) is 15.6 Å². The number of benzene rings is 2. The van der Waals surface area contributed by atoms with Gasteiger partial charge in [-0.25, -0.2) is 14.4 Å². The summed E-state index contributed by atoms with van der Waals surface area (Å²) in [6.45, 7) is 1.85. The molecule has 5 rings (SSSR count). The van der Waals surface area contributed by atoms with E-state index in [0.717, 1.165) is 36.1 Å². The molecule has 0 bridgehead atoms. The van der Waals surface area contributed by atoms with Gasteiger partial charge in [-0.3, -0.25) is 4.79 Å². The molecule has 0 unspecified atom stereocenters. The lowest BCUT2D eigenvalue weighted by atomic mass is 10.1. The molecule has 6 nitrogen and oxygen atoms in total. The monoisotopic (exact) mass is 446 g/mol. The topological polar surface area (TPSA) is 76.1 Å². The lowest BCUT2D eigenvalue weighted by molar-refractivity contribution is 0.0694. The van der Waals surface area contributed by atoms with Crippen LogP contribution < -0.4 is 10.6 Å². The number of nitrogens with one attached hydrogen (secondary N) is 2. The minimum absolute atomic E-state index is 0.103. The first kappa shape index (κ1) is 21.7. The summed E-state index contributed by atoms with van der Waals surface area (Å²) in [6.07, 6.45) is 2.62. The number of halogens is 1. The van der Waals surface area contributed by atoms with Crippen molar-refractivity contribution >= 4 is 5.91 Å². The van der Waals surface area contributed by atoms with E-state index in [4.69, 9.17) is 9.72 Å². The Morgan fingerprint density at radius 2 is 1.79 bits per heavy atom. The van der Waals surface area contributed by atoms with Gasteiger partial charge in [-0.2, -0.15) is 0 Å². The molecular weight excluding hydrogens is 419 g/mol. The second-order valence-corrected chi connectivity index (χ2v) is 8.68. The molecule has 33 heavy (non-hydrogen) atoms. The van der Waals surface area contributed by atoms with Crippen LogP contribution in [0.25, 0.3) is 11.4 Å². The average Bonchev–Trinajstić information content (AvgIpc) is 3.64. The first-order valence-electron chi connectivity index (χ1n) is 11.5. The number of carbonyl (C=O) groups is 1. The molecule has 2 heterocycles. The number of carbonyl (C=O) groups excluding carboxylic acids is 1. The summed E-state index contributed by atoms with van der Waals surface area (Å²) in [6, 6.07) is 18.6. The molecule has 2 aromatic carbocycles. The Morgan fingerprint density at radius 3 is 2.55 bits per heavy atom. The second kappa shape index (κ2) is 9.77. The quantitative estimate of drug-likeness (QED) is 0.577. The minimum atomic E-state index is -0.218. The van der Waals surface area contributed by atoms with E-state index in [9.17, 15) is 9.18 Å². The largest absolute Gasteiger partial charge is 0.381 e. The number of rotatable bonds is 7. The van der Waals surface area contributed by atoms with Gasteiger partial charge in [-0.15, -0.1) is 0 Å². The third-order valence-corrected chi connectivity index (χ3v) is 6.23. The predicted octanol–water partition coefficient (Wildman–Crippen LogP) is 3.84. The molecule has 1 saturated carbocycles. The zero-order chi connectivity index (χ0) is 22.6. The first-order chi connectivity index (χ1) is 16.2. The van der Waals surface area contributed by atoms with Crippen LogP contribution in [0.5, 0.6) is 0 Å². The highest BCUT2D eigenvalue weighted by Gasteiger charge is 2.37. The van der Waals surface area contributed by atoms with Crippen molar-refractivity contribution in [2.24, 2.45) is 0 Å². The van der Waals surface area contributed by atoms with Crippen LogP contribution in [0.15, 0.2) is 60.7 Å². The van der Waals surface area contributed by atoms with Crippen LogP contribution in [0.4, 0.5) is 4.39 Å². The maximum atomic E-state index is 13.2. The van der Waals surface area contributed by atoms with Crippen LogP contribution in [-0.2, 0) is 11.3 Å². The third-order valence-electron chi connectivity index (χ3n) is 6.23. The molecule has 170 valence electrons. The molecule has 2 aliphatic rings. The van der Waals surface area contributed by atoms with Gasteiger partial charge in [0.15, 0.2) is 5.82 Å². The fourth-order valence-electron chi connectivity index (χ4n) is 4.26. The molecule has 2 N–H and O–H groups in total. The van der Waals surface area contributed by atoms with Crippen LogP contribution >= 0.6 is 0 Å². The van der Waals surface area contributed by atoms with Crippen molar-refractivity contribution in [3.63, 3.8) is 0 Å². The SMILES string of the molecule is O=C(NC1CCOCC1)c1cc(CN[C@@H]2C[C@H]2c2ccc(F)cc2)nc(-c2ccccc2)n1. The number of amides is 1. The minimum Gasteiger partial charge on any atom is -0.381 e. The Morgan fingerprint density at radius 1 is 1.03 bits per heavy atom. The average molecular weight is 447 g/mol. The van der Waals surface area contributed by atoms with Gasteiger partial charge in [0, 0.05) is 43.3 Å². The molecule has 1 amide bonds. The summed E-state index contributed by atoms with van der Waals surface area (Å²) in [5.41, 5.74) is 3.15. The van der Waals surface area contributed by atoms with E-state index in [1.807, 2.05) is 42.5 Å². The van der Waals surface area contributed by atoms with Crippen molar-refractivity contribution in [1.82, 2.24) is 20.6 Å². The van der Waals surface area contributed by atoms with E-state index < -0.39 is 0 Å².